The van der Waals surface area contributed by atoms with Gasteiger partial charge in [-0.05, 0) is 24.6 Å². The molecule has 2 aromatic rings. The summed E-state index contributed by atoms with van der Waals surface area (Å²) in [5.41, 5.74) is 1.66. The lowest BCUT2D eigenvalue weighted by atomic mass is 9.88. The van der Waals surface area contributed by atoms with E-state index >= 15 is 0 Å². The maximum atomic E-state index is 13.1. The largest absolute Gasteiger partial charge is 0.374 e. The maximum Gasteiger partial charge on any atom is 0.243 e. The summed E-state index contributed by atoms with van der Waals surface area (Å²) in [6.45, 7) is 3.65. The van der Waals surface area contributed by atoms with Crippen LogP contribution in [0.25, 0.3) is 6.08 Å². The van der Waals surface area contributed by atoms with Crippen molar-refractivity contribution >= 4 is 16.1 Å². The van der Waals surface area contributed by atoms with Gasteiger partial charge in [-0.15, -0.1) is 0 Å². The maximum absolute atomic E-state index is 13.1. The zero-order valence-electron chi connectivity index (χ0n) is 16.7. The summed E-state index contributed by atoms with van der Waals surface area (Å²) in [6.07, 6.45) is 5.35. The lowest BCUT2D eigenvalue weighted by Gasteiger charge is -2.46. The van der Waals surface area contributed by atoms with Crippen LogP contribution in [0, 0.1) is 6.92 Å². The average molecular weight is 414 g/mol. The number of hydrogen-bond acceptors (Lipinski definition) is 4. The van der Waals surface area contributed by atoms with E-state index in [9.17, 15) is 8.42 Å². The molecule has 2 saturated heterocycles. The van der Waals surface area contributed by atoms with Crippen LogP contribution in [0.1, 0.15) is 24.0 Å². The standard InChI is InChI=1S/C23H27NO4S/c1-19-7-11-22(12-8-19)29(25,26)24-14-16-28-23(18-24)13-15-27-21(17-23)10-9-20-5-3-2-4-6-20/h2-12,21H,13-18H2,1H3/b10-9+/t21-,23-/m0/s1. The number of sulfonamides is 1. The van der Waals surface area contributed by atoms with Gasteiger partial charge in [-0.1, -0.05) is 60.2 Å². The third kappa shape index (κ3) is 4.61. The summed E-state index contributed by atoms with van der Waals surface area (Å²) in [4.78, 5) is 0.340. The molecule has 29 heavy (non-hydrogen) atoms. The third-order valence-electron chi connectivity index (χ3n) is 5.64. The molecule has 154 valence electrons. The summed E-state index contributed by atoms with van der Waals surface area (Å²) in [7, 11) is -3.53. The van der Waals surface area contributed by atoms with E-state index in [-0.39, 0.29) is 6.10 Å². The third-order valence-corrected chi connectivity index (χ3v) is 7.50. The Kier molecular flexibility index (Phi) is 5.88. The molecule has 0 radical (unpaired) electrons. The van der Waals surface area contributed by atoms with Crippen molar-refractivity contribution in [1.82, 2.24) is 4.31 Å². The molecule has 4 rings (SSSR count). The first-order valence-corrected chi connectivity index (χ1v) is 11.5. The molecule has 2 aromatic carbocycles. The zero-order valence-corrected chi connectivity index (χ0v) is 17.5. The van der Waals surface area contributed by atoms with Crippen LogP contribution in [0.4, 0.5) is 0 Å². The normalized spacial score (nSPS) is 26.2. The highest BCUT2D eigenvalue weighted by Crippen LogP contribution is 2.34. The van der Waals surface area contributed by atoms with Crippen molar-refractivity contribution in [1.29, 1.82) is 0 Å². The van der Waals surface area contributed by atoms with Crippen LogP contribution in [0.3, 0.4) is 0 Å². The van der Waals surface area contributed by atoms with Crippen LogP contribution in [0.5, 0.6) is 0 Å². The van der Waals surface area contributed by atoms with E-state index in [1.54, 1.807) is 16.4 Å². The van der Waals surface area contributed by atoms with Crippen molar-refractivity contribution in [2.45, 2.75) is 36.4 Å². The fourth-order valence-corrected chi connectivity index (χ4v) is 5.48. The number of ether oxygens (including phenoxy) is 2. The van der Waals surface area contributed by atoms with E-state index in [1.165, 1.54) is 0 Å². The molecule has 0 aliphatic carbocycles. The second kappa shape index (κ2) is 8.40. The molecule has 2 fully saturated rings. The Bertz CT molecular complexity index is 952. The van der Waals surface area contributed by atoms with E-state index in [0.717, 1.165) is 11.1 Å². The van der Waals surface area contributed by atoms with Crippen LogP contribution in [0.15, 0.2) is 65.6 Å². The highest BCUT2D eigenvalue weighted by atomic mass is 32.2. The Balaban J connectivity index is 1.49. The molecule has 0 N–H and O–H groups in total. The minimum atomic E-state index is -3.53. The number of hydrogen-bond donors (Lipinski definition) is 0. The van der Waals surface area contributed by atoms with E-state index < -0.39 is 15.6 Å². The van der Waals surface area contributed by atoms with Crippen LogP contribution in [0.2, 0.25) is 0 Å². The number of rotatable bonds is 4. The summed E-state index contributed by atoms with van der Waals surface area (Å²) >= 11 is 0. The van der Waals surface area contributed by atoms with Gasteiger partial charge in [-0.3, -0.25) is 0 Å². The fourth-order valence-electron chi connectivity index (χ4n) is 3.98. The van der Waals surface area contributed by atoms with Gasteiger partial charge in [-0.25, -0.2) is 8.42 Å². The second-order valence-electron chi connectivity index (χ2n) is 7.82. The predicted molar refractivity (Wildman–Crippen MR) is 113 cm³/mol. The monoisotopic (exact) mass is 413 g/mol. The summed E-state index contributed by atoms with van der Waals surface area (Å²) in [5, 5.41) is 0. The Labute approximate surface area is 173 Å². The van der Waals surface area contributed by atoms with Gasteiger partial charge in [0.25, 0.3) is 0 Å². The van der Waals surface area contributed by atoms with E-state index in [0.29, 0.717) is 44.0 Å². The Morgan fingerprint density at radius 3 is 2.59 bits per heavy atom. The zero-order chi connectivity index (χ0) is 20.3. The van der Waals surface area contributed by atoms with Gasteiger partial charge in [0.2, 0.25) is 10.0 Å². The average Bonchev–Trinajstić information content (AvgIpc) is 2.73. The quantitative estimate of drug-likeness (QED) is 0.768. The Morgan fingerprint density at radius 1 is 1.07 bits per heavy atom. The Morgan fingerprint density at radius 2 is 1.83 bits per heavy atom. The molecule has 2 aliphatic heterocycles. The topological polar surface area (TPSA) is 55.8 Å². The molecular formula is C23H27NO4S. The second-order valence-corrected chi connectivity index (χ2v) is 9.75. The van der Waals surface area contributed by atoms with Gasteiger partial charge >= 0.3 is 0 Å². The summed E-state index contributed by atoms with van der Waals surface area (Å²) in [6, 6.07) is 17.1. The van der Waals surface area contributed by atoms with E-state index in [2.05, 4.69) is 0 Å². The lowest BCUT2D eigenvalue weighted by Crippen LogP contribution is -2.57. The SMILES string of the molecule is Cc1ccc(S(=O)(=O)N2CCO[C@]3(CCO[C@@H](/C=C/c4ccccc4)C3)C2)cc1. The van der Waals surface area contributed by atoms with Crippen LogP contribution >= 0.6 is 0 Å². The molecule has 2 atom stereocenters. The molecule has 1 spiro atoms. The minimum Gasteiger partial charge on any atom is -0.374 e. The predicted octanol–water partition coefficient (Wildman–Crippen LogP) is 3.65. The van der Waals surface area contributed by atoms with Gasteiger partial charge < -0.3 is 9.47 Å². The molecule has 5 nitrogen and oxygen atoms in total. The lowest BCUT2D eigenvalue weighted by molar-refractivity contribution is -0.153. The van der Waals surface area contributed by atoms with Crippen molar-refractivity contribution in [3.63, 3.8) is 0 Å². The molecule has 2 heterocycles. The van der Waals surface area contributed by atoms with E-state index in [1.807, 2.05) is 61.5 Å². The van der Waals surface area contributed by atoms with Crippen LogP contribution in [-0.2, 0) is 19.5 Å². The highest BCUT2D eigenvalue weighted by molar-refractivity contribution is 7.89. The molecule has 0 unspecified atom stereocenters. The number of aryl methyl sites for hydroxylation is 1. The van der Waals surface area contributed by atoms with Gasteiger partial charge in [0, 0.05) is 25.9 Å². The fraction of sp³-hybridized carbons (Fsp3) is 0.391. The molecular weight excluding hydrogens is 386 g/mol. The number of morpholine rings is 1. The highest BCUT2D eigenvalue weighted by Gasteiger charge is 2.44. The smallest absolute Gasteiger partial charge is 0.243 e. The van der Waals surface area contributed by atoms with Crippen molar-refractivity contribution in [3.8, 4) is 0 Å². The Hall–Kier alpha value is -1.99. The minimum absolute atomic E-state index is 0.0917. The number of nitrogens with zero attached hydrogens (tertiary/aromatic N) is 1. The molecule has 0 aromatic heterocycles. The van der Waals surface area contributed by atoms with Crippen molar-refractivity contribution in [2.75, 3.05) is 26.3 Å². The molecule has 0 amide bonds. The first kappa shape index (κ1) is 20.3. The van der Waals surface area contributed by atoms with Crippen LogP contribution in [-0.4, -0.2) is 50.7 Å². The van der Waals surface area contributed by atoms with Gasteiger partial charge in [-0.2, -0.15) is 4.31 Å². The van der Waals surface area contributed by atoms with Crippen molar-refractivity contribution < 1.29 is 17.9 Å². The van der Waals surface area contributed by atoms with Crippen molar-refractivity contribution in [2.24, 2.45) is 0 Å². The van der Waals surface area contributed by atoms with Gasteiger partial charge in [0.1, 0.15) is 0 Å². The van der Waals surface area contributed by atoms with Gasteiger partial charge in [0.05, 0.1) is 29.8 Å². The van der Waals surface area contributed by atoms with Gasteiger partial charge in [0.15, 0.2) is 0 Å². The first-order chi connectivity index (χ1) is 14.0. The molecule has 0 saturated carbocycles. The van der Waals surface area contributed by atoms with Crippen molar-refractivity contribution in [3.05, 3.63) is 71.8 Å². The van der Waals surface area contributed by atoms with Crippen LogP contribution < -0.4 is 0 Å². The first-order valence-electron chi connectivity index (χ1n) is 10.0. The number of benzene rings is 2. The summed E-state index contributed by atoms with van der Waals surface area (Å²) < 4.78 is 39.9. The molecule has 2 aliphatic rings. The molecule has 0 bridgehead atoms. The van der Waals surface area contributed by atoms with E-state index in [4.69, 9.17) is 9.47 Å². The molecule has 6 heteroatoms. The summed E-state index contributed by atoms with van der Waals surface area (Å²) in [5.74, 6) is 0.